The molecule has 0 aliphatic carbocycles. The molecule has 158 valence electrons. The number of ether oxygens (including phenoxy) is 2. The lowest BCUT2D eigenvalue weighted by Crippen LogP contribution is -2.15. The first-order valence-corrected chi connectivity index (χ1v) is 9.37. The molecule has 0 saturated carbocycles. The molecule has 8 heteroatoms. The van der Waals surface area contributed by atoms with Gasteiger partial charge < -0.3 is 25.2 Å². The molecule has 8 nitrogen and oxygen atoms in total. The molecule has 0 aromatic heterocycles. The van der Waals surface area contributed by atoms with Gasteiger partial charge in [0.1, 0.15) is 11.5 Å². The zero-order chi connectivity index (χ0) is 22.1. The highest BCUT2D eigenvalue weighted by Gasteiger charge is 2.16. The summed E-state index contributed by atoms with van der Waals surface area (Å²) in [4.78, 5) is 35.2. The molecule has 0 spiro atoms. The Balaban J connectivity index is 2.36. The van der Waals surface area contributed by atoms with Crippen molar-refractivity contribution in [3.8, 4) is 11.5 Å². The number of benzene rings is 2. The van der Waals surface area contributed by atoms with Crippen molar-refractivity contribution in [2.45, 2.75) is 20.8 Å². The lowest BCUT2D eigenvalue weighted by Gasteiger charge is -2.17. The van der Waals surface area contributed by atoms with Crippen molar-refractivity contribution in [1.82, 2.24) is 0 Å². The zero-order valence-electron chi connectivity index (χ0n) is 17.0. The molecule has 2 rings (SSSR count). The van der Waals surface area contributed by atoms with Gasteiger partial charge in [0.25, 0.3) is 5.91 Å². The number of carbonyl (C=O) groups excluding carboxylic acids is 2. The molecule has 3 N–H and O–H groups in total. The van der Waals surface area contributed by atoms with E-state index < -0.39 is 11.9 Å². The maximum Gasteiger partial charge on any atom is 0.328 e. The van der Waals surface area contributed by atoms with Gasteiger partial charge in [-0.25, -0.2) is 4.79 Å². The Morgan fingerprint density at radius 1 is 0.900 bits per heavy atom. The molecule has 0 aliphatic rings. The van der Waals surface area contributed by atoms with Crippen molar-refractivity contribution >= 4 is 29.2 Å². The number of anilines is 2. The Kier molecular flexibility index (Phi) is 7.99. The first-order chi connectivity index (χ1) is 14.3. The van der Waals surface area contributed by atoms with Crippen molar-refractivity contribution in [2.75, 3.05) is 23.8 Å². The Hall–Kier alpha value is -3.81. The summed E-state index contributed by atoms with van der Waals surface area (Å²) < 4.78 is 11.2. The maximum atomic E-state index is 12.6. The van der Waals surface area contributed by atoms with Crippen LogP contribution in [0.3, 0.4) is 0 Å². The van der Waals surface area contributed by atoms with Gasteiger partial charge in [0.15, 0.2) is 0 Å². The van der Waals surface area contributed by atoms with Gasteiger partial charge in [-0.1, -0.05) is 17.7 Å². The van der Waals surface area contributed by atoms with Gasteiger partial charge in [-0.15, -0.1) is 0 Å². The van der Waals surface area contributed by atoms with Crippen molar-refractivity contribution < 1.29 is 29.0 Å². The SMILES string of the molecule is CCOc1cc(NC(=O)c2ccc(C)cc2)c(OCC)cc1NC(=O)/C=C/C(=O)O. The second-order valence-corrected chi connectivity index (χ2v) is 6.19. The molecule has 0 radical (unpaired) electrons. The van der Waals surface area contributed by atoms with Gasteiger partial charge >= 0.3 is 5.97 Å². The van der Waals surface area contributed by atoms with Crippen LogP contribution in [0.5, 0.6) is 11.5 Å². The number of hydrogen-bond acceptors (Lipinski definition) is 5. The molecule has 0 unspecified atom stereocenters. The highest BCUT2D eigenvalue weighted by molar-refractivity contribution is 6.06. The standard InChI is InChI=1S/C22H24N2O6/c1-4-29-18-13-17(24-22(28)15-8-6-14(3)7-9-15)19(30-5-2)12-16(18)23-20(25)10-11-21(26)27/h6-13H,4-5H2,1-3H3,(H,23,25)(H,24,28)(H,26,27)/b11-10+. The predicted molar refractivity (Wildman–Crippen MR) is 113 cm³/mol. The van der Waals surface area contributed by atoms with Crippen LogP contribution >= 0.6 is 0 Å². The molecule has 0 saturated heterocycles. The first-order valence-electron chi connectivity index (χ1n) is 9.37. The highest BCUT2D eigenvalue weighted by Crippen LogP contribution is 2.37. The molecular formula is C22H24N2O6. The second-order valence-electron chi connectivity index (χ2n) is 6.19. The number of aliphatic carboxylic acids is 1. The van der Waals surface area contributed by atoms with E-state index in [0.717, 1.165) is 17.7 Å². The molecular weight excluding hydrogens is 388 g/mol. The van der Waals surface area contributed by atoms with Crippen molar-refractivity contribution in [1.29, 1.82) is 0 Å². The van der Waals surface area contributed by atoms with Crippen LogP contribution in [0.25, 0.3) is 0 Å². The average molecular weight is 412 g/mol. The predicted octanol–water partition coefficient (Wildman–Crippen LogP) is 3.62. The summed E-state index contributed by atoms with van der Waals surface area (Å²) in [7, 11) is 0. The lowest BCUT2D eigenvalue weighted by molar-refractivity contribution is -0.131. The Morgan fingerprint density at radius 2 is 1.43 bits per heavy atom. The van der Waals surface area contributed by atoms with Crippen LogP contribution in [0.1, 0.15) is 29.8 Å². The Morgan fingerprint density at radius 3 is 1.93 bits per heavy atom. The van der Waals surface area contributed by atoms with Gasteiger partial charge in [-0.05, 0) is 32.9 Å². The van der Waals surface area contributed by atoms with Crippen LogP contribution in [0, 0.1) is 6.92 Å². The molecule has 0 fully saturated rings. The average Bonchev–Trinajstić information content (AvgIpc) is 2.70. The Bertz CT molecular complexity index is 951. The smallest absolute Gasteiger partial charge is 0.328 e. The van der Waals surface area contributed by atoms with Crippen molar-refractivity contribution in [2.24, 2.45) is 0 Å². The van der Waals surface area contributed by atoms with Crippen LogP contribution in [0.15, 0.2) is 48.6 Å². The molecule has 30 heavy (non-hydrogen) atoms. The molecule has 0 aliphatic heterocycles. The van der Waals surface area contributed by atoms with Gasteiger partial charge in [0.2, 0.25) is 5.91 Å². The van der Waals surface area contributed by atoms with Crippen LogP contribution in [-0.2, 0) is 9.59 Å². The number of hydrogen-bond donors (Lipinski definition) is 3. The van der Waals surface area contributed by atoms with Gasteiger partial charge in [0, 0.05) is 29.8 Å². The van der Waals surface area contributed by atoms with E-state index in [1.807, 2.05) is 19.1 Å². The number of nitrogens with one attached hydrogen (secondary N) is 2. The summed E-state index contributed by atoms with van der Waals surface area (Å²) in [6, 6.07) is 10.2. The highest BCUT2D eigenvalue weighted by atomic mass is 16.5. The van der Waals surface area contributed by atoms with Crippen LogP contribution in [0.4, 0.5) is 11.4 Å². The van der Waals surface area contributed by atoms with Crippen LogP contribution in [0.2, 0.25) is 0 Å². The third kappa shape index (κ3) is 6.37. The number of carboxylic acid groups (broad SMARTS) is 1. The molecule has 0 heterocycles. The van der Waals surface area contributed by atoms with E-state index in [-0.39, 0.29) is 11.6 Å². The quantitative estimate of drug-likeness (QED) is 0.542. The summed E-state index contributed by atoms with van der Waals surface area (Å²) in [5.41, 5.74) is 2.19. The number of carbonyl (C=O) groups is 3. The van der Waals surface area contributed by atoms with E-state index in [4.69, 9.17) is 14.6 Å². The third-order valence-corrected chi connectivity index (χ3v) is 3.88. The largest absolute Gasteiger partial charge is 0.492 e. The van der Waals surface area contributed by atoms with Crippen molar-refractivity contribution in [3.05, 3.63) is 59.7 Å². The maximum absolute atomic E-state index is 12.6. The molecule has 2 amide bonds. The van der Waals surface area contributed by atoms with Gasteiger partial charge in [-0.3, -0.25) is 9.59 Å². The van der Waals surface area contributed by atoms with E-state index >= 15 is 0 Å². The van der Waals surface area contributed by atoms with Gasteiger partial charge in [0.05, 0.1) is 24.6 Å². The topological polar surface area (TPSA) is 114 Å². The molecule has 2 aromatic rings. The number of carboxylic acids is 1. The zero-order valence-corrected chi connectivity index (χ0v) is 17.0. The lowest BCUT2D eigenvalue weighted by atomic mass is 10.1. The number of aryl methyl sites for hydroxylation is 1. The van der Waals surface area contributed by atoms with E-state index in [2.05, 4.69) is 10.6 Å². The Labute approximate surface area is 174 Å². The summed E-state index contributed by atoms with van der Waals surface area (Å²) in [5.74, 6) is -1.56. The van der Waals surface area contributed by atoms with Crippen molar-refractivity contribution in [3.63, 3.8) is 0 Å². The minimum atomic E-state index is -1.24. The fraction of sp³-hybridized carbons (Fsp3) is 0.227. The summed E-state index contributed by atoms with van der Waals surface area (Å²) >= 11 is 0. The minimum absolute atomic E-state index is 0.286. The van der Waals surface area contributed by atoms with Crippen LogP contribution in [-0.4, -0.2) is 36.1 Å². The molecule has 0 bridgehead atoms. The third-order valence-electron chi connectivity index (χ3n) is 3.88. The number of rotatable bonds is 9. The fourth-order valence-electron chi connectivity index (χ4n) is 2.53. The second kappa shape index (κ2) is 10.7. The fourth-order valence-corrected chi connectivity index (χ4v) is 2.53. The normalized spacial score (nSPS) is 10.5. The molecule has 0 atom stereocenters. The molecule has 2 aromatic carbocycles. The van der Waals surface area contributed by atoms with E-state index in [1.165, 1.54) is 6.07 Å². The summed E-state index contributed by atoms with van der Waals surface area (Å²) in [6.07, 6.45) is 1.63. The van der Waals surface area contributed by atoms with E-state index in [0.29, 0.717) is 36.0 Å². The summed E-state index contributed by atoms with van der Waals surface area (Å²) in [5, 5.41) is 14.0. The minimum Gasteiger partial charge on any atom is -0.492 e. The van der Waals surface area contributed by atoms with Crippen LogP contribution < -0.4 is 20.1 Å². The monoisotopic (exact) mass is 412 g/mol. The summed E-state index contributed by atoms with van der Waals surface area (Å²) in [6.45, 7) is 6.13. The van der Waals surface area contributed by atoms with E-state index in [9.17, 15) is 14.4 Å². The first kappa shape index (κ1) is 22.5. The van der Waals surface area contributed by atoms with Gasteiger partial charge in [-0.2, -0.15) is 0 Å². The number of amides is 2. The van der Waals surface area contributed by atoms with E-state index in [1.54, 1.807) is 32.0 Å².